The van der Waals surface area contributed by atoms with Gasteiger partial charge in [0.15, 0.2) is 5.41 Å². The number of hydrogen-bond donors (Lipinski definition) is 1. The second-order valence-electron chi connectivity index (χ2n) is 4.62. The Balaban J connectivity index is 2.88. The summed E-state index contributed by atoms with van der Waals surface area (Å²) in [5, 5.41) is 9.27. The van der Waals surface area contributed by atoms with Crippen LogP contribution in [0, 0.1) is 5.41 Å². The number of benzene rings is 1. The van der Waals surface area contributed by atoms with Crippen LogP contribution in [0.1, 0.15) is 32.3 Å². The SMILES string of the molecule is C=CCc1ccc(OC(=O)C(CC)(CC)C(=O)O)cc1. The van der Waals surface area contributed by atoms with Crippen LogP contribution in [-0.2, 0) is 16.0 Å². The molecule has 0 saturated heterocycles. The van der Waals surface area contributed by atoms with Crippen molar-refractivity contribution in [3.63, 3.8) is 0 Å². The molecule has 1 rings (SSSR count). The van der Waals surface area contributed by atoms with Gasteiger partial charge < -0.3 is 9.84 Å². The molecular weight excluding hydrogens is 256 g/mol. The van der Waals surface area contributed by atoms with Crippen molar-refractivity contribution in [3.8, 4) is 5.75 Å². The van der Waals surface area contributed by atoms with E-state index >= 15 is 0 Å². The zero-order chi connectivity index (χ0) is 15.2. The van der Waals surface area contributed by atoms with Crippen molar-refractivity contribution in [3.05, 3.63) is 42.5 Å². The van der Waals surface area contributed by atoms with E-state index in [1.54, 1.807) is 32.1 Å². The number of carbonyl (C=O) groups is 2. The number of ether oxygens (including phenoxy) is 1. The predicted molar refractivity (Wildman–Crippen MR) is 76.6 cm³/mol. The monoisotopic (exact) mass is 276 g/mol. The van der Waals surface area contributed by atoms with Gasteiger partial charge in [0.1, 0.15) is 5.75 Å². The van der Waals surface area contributed by atoms with Gasteiger partial charge >= 0.3 is 11.9 Å². The predicted octanol–water partition coefficient (Wildman–Crippen LogP) is 3.21. The molecule has 0 aromatic heterocycles. The van der Waals surface area contributed by atoms with Crippen LogP contribution in [0.4, 0.5) is 0 Å². The second-order valence-corrected chi connectivity index (χ2v) is 4.62. The number of aliphatic carboxylic acids is 1. The standard InChI is InChI=1S/C16H20O4/c1-4-7-12-8-10-13(11-9-12)20-15(19)16(5-2,6-3)14(17)18/h4,8-11H,1,5-7H2,2-3H3,(H,17,18). The summed E-state index contributed by atoms with van der Waals surface area (Å²) in [5.41, 5.74) is -0.421. The van der Waals surface area contributed by atoms with Gasteiger partial charge in [0.2, 0.25) is 0 Å². The van der Waals surface area contributed by atoms with E-state index in [4.69, 9.17) is 4.74 Å². The average molecular weight is 276 g/mol. The highest BCUT2D eigenvalue weighted by Gasteiger charge is 2.44. The molecule has 0 radical (unpaired) electrons. The van der Waals surface area contributed by atoms with Crippen molar-refractivity contribution >= 4 is 11.9 Å². The lowest BCUT2D eigenvalue weighted by Crippen LogP contribution is -2.41. The van der Waals surface area contributed by atoms with Crippen molar-refractivity contribution in [1.82, 2.24) is 0 Å². The van der Waals surface area contributed by atoms with Crippen molar-refractivity contribution in [2.75, 3.05) is 0 Å². The lowest BCUT2D eigenvalue weighted by molar-refractivity contribution is -0.163. The number of carboxylic acid groups (broad SMARTS) is 1. The van der Waals surface area contributed by atoms with E-state index < -0.39 is 17.4 Å². The highest BCUT2D eigenvalue weighted by Crippen LogP contribution is 2.29. The molecule has 1 N–H and O–H groups in total. The minimum absolute atomic E-state index is 0.201. The average Bonchev–Trinajstić information content (AvgIpc) is 2.43. The van der Waals surface area contributed by atoms with Crippen LogP contribution in [0.2, 0.25) is 0 Å². The van der Waals surface area contributed by atoms with Crippen LogP contribution in [0.15, 0.2) is 36.9 Å². The van der Waals surface area contributed by atoms with Crippen molar-refractivity contribution in [1.29, 1.82) is 0 Å². The Morgan fingerprint density at radius 2 is 1.80 bits per heavy atom. The van der Waals surface area contributed by atoms with Gasteiger partial charge in [0.25, 0.3) is 0 Å². The summed E-state index contributed by atoms with van der Waals surface area (Å²) in [5.74, 6) is -1.50. The number of carbonyl (C=O) groups excluding carboxylic acids is 1. The number of hydrogen-bond acceptors (Lipinski definition) is 3. The van der Waals surface area contributed by atoms with Crippen LogP contribution in [0.25, 0.3) is 0 Å². The molecular formula is C16H20O4. The van der Waals surface area contributed by atoms with E-state index in [1.165, 1.54) is 0 Å². The highest BCUT2D eigenvalue weighted by atomic mass is 16.5. The molecule has 0 aliphatic rings. The maximum Gasteiger partial charge on any atom is 0.328 e. The van der Waals surface area contributed by atoms with E-state index in [0.29, 0.717) is 5.75 Å². The molecule has 1 aromatic carbocycles. The summed E-state index contributed by atoms with van der Waals surface area (Å²) in [6.45, 7) is 7.00. The second kappa shape index (κ2) is 6.89. The molecule has 0 fully saturated rings. The van der Waals surface area contributed by atoms with Gasteiger partial charge in [-0.25, -0.2) is 0 Å². The van der Waals surface area contributed by atoms with Gasteiger partial charge in [-0.15, -0.1) is 6.58 Å². The Labute approximate surface area is 119 Å². The number of carboxylic acids is 1. The summed E-state index contributed by atoms with van der Waals surface area (Å²) < 4.78 is 5.21. The Kier molecular flexibility index (Phi) is 5.50. The van der Waals surface area contributed by atoms with Crippen LogP contribution < -0.4 is 4.74 Å². The molecule has 20 heavy (non-hydrogen) atoms. The Morgan fingerprint density at radius 3 is 2.20 bits per heavy atom. The molecule has 0 heterocycles. The molecule has 0 atom stereocenters. The maximum absolute atomic E-state index is 12.1. The van der Waals surface area contributed by atoms with E-state index in [0.717, 1.165) is 12.0 Å². The van der Waals surface area contributed by atoms with Gasteiger partial charge in [-0.05, 0) is 37.0 Å². The lowest BCUT2D eigenvalue weighted by Gasteiger charge is -2.24. The smallest absolute Gasteiger partial charge is 0.328 e. The first-order chi connectivity index (χ1) is 9.50. The lowest BCUT2D eigenvalue weighted by atomic mass is 9.82. The topological polar surface area (TPSA) is 63.6 Å². The molecule has 0 spiro atoms. The van der Waals surface area contributed by atoms with E-state index in [9.17, 15) is 14.7 Å². The molecule has 108 valence electrons. The van der Waals surface area contributed by atoms with Gasteiger partial charge in [-0.3, -0.25) is 9.59 Å². The first-order valence-corrected chi connectivity index (χ1v) is 6.65. The van der Waals surface area contributed by atoms with Gasteiger partial charge in [0.05, 0.1) is 0 Å². The molecule has 1 aromatic rings. The molecule has 0 aliphatic carbocycles. The molecule has 0 bridgehead atoms. The zero-order valence-corrected chi connectivity index (χ0v) is 11.9. The normalized spacial score (nSPS) is 10.9. The van der Waals surface area contributed by atoms with Gasteiger partial charge in [-0.1, -0.05) is 32.1 Å². The van der Waals surface area contributed by atoms with Crippen molar-refractivity contribution in [2.24, 2.45) is 5.41 Å². The molecule has 0 aliphatic heterocycles. The number of esters is 1. The summed E-state index contributed by atoms with van der Waals surface area (Å²) in [7, 11) is 0. The quantitative estimate of drug-likeness (QED) is 0.359. The molecule has 0 unspecified atom stereocenters. The first-order valence-electron chi connectivity index (χ1n) is 6.65. The number of rotatable bonds is 7. The summed E-state index contributed by atoms with van der Waals surface area (Å²) in [6, 6.07) is 6.97. The van der Waals surface area contributed by atoms with Gasteiger partial charge in [0, 0.05) is 0 Å². The van der Waals surface area contributed by atoms with E-state index in [2.05, 4.69) is 6.58 Å². The highest BCUT2D eigenvalue weighted by molar-refractivity contribution is 5.99. The minimum Gasteiger partial charge on any atom is -0.480 e. The van der Waals surface area contributed by atoms with Crippen LogP contribution in [-0.4, -0.2) is 17.0 Å². The third-order valence-electron chi connectivity index (χ3n) is 3.52. The fraction of sp³-hybridized carbons (Fsp3) is 0.375. The summed E-state index contributed by atoms with van der Waals surface area (Å²) in [6.07, 6.45) is 2.92. The van der Waals surface area contributed by atoms with E-state index in [-0.39, 0.29) is 12.8 Å². The van der Waals surface area contributed by atoms with E-state index in [1.807, 2.05) is 12.1 Å². The van der Waals surface area contributed by atoms with Crippen molar-refractivity contribution < 1.29 is 19.4 Å². The number of allylic oxidation sites excluding steroid dienone is 1. The first kappa shape index (κ1) is 16.0. The fourth-order valence-corrected chi connectivity index (χ4v) is 1.99. The van der Waals surface area contributed by atoms with Crippen LogP contribution >= 0.6 is 0 Å². The Morgan fingerprint density at radius 1 is 1.25 bits per heavy atom. The van der Waals surface area contributed by atoms with Gasteiger partial charge in [-0.2, -0.15) is 0 Å². The summed E-state index contributed by atoms with van der Waals surface area (Å²) in [4.78, 5) is 23.5. The zero-order valence-electron chi connectivity index (χ0n) is 11.9. The molecule has 4 heteroatoms. The molecule has 0 amide bonds. The minimum atomic E-state index is -1.47. The van der Waals surface area contributed by atoms with Crippen molar-refractivity contribution in [2.45, 2.75) is 33.1 Å². The third kappa shape index (κ3) is 3.26. The fourth-order valence-electron chi connectivity index (χ4n) is 1.99. The molecule has 0 saturated carbocycles. The third-order valence-corrected chi connectivity index (χ3v) is 3.52. The van der Waals surface area contributed by atoms with Crippen LogP contribution in [0.5, 0.6) is 5.75 Å². The Bertz CT molecular complexity index is 484. The Hall–Kier alpha value is -2.10. The largest absolute Gasteiger partial charge is 0.480 e. The maximum atomic E-state index is 12.1. The summed E-state index contributed by atoms with van der Waals surface area (Å²) >= 11 is 0. The van der Waals surface area contributed by atoms with Crippen LogP contribution in [0.3, 0.4) is 0 Å². The molecule has 4 nitrogen and oxygen atoms in total.